The number of hydrogen-bond acceptors (Lipinski definition) is 6. The summed E-state index contributed by atoms with van der Waals surface area (Å²) in [4.78, 5) is 20.4. The van der Waals surface area contributed by atoms with Crippen LogP contribution in [0.1, 0.15) is 17.8 Å². The fourth-order valence-corrected chi connectivity index (χ4v) is 3.38. The van der Waals surface area contributed by atoms with E-state index in [4.69, 9.17) is 5.73 Å². The van der Waals surface area contributed by atoms with E-state index in [0.717, 1.165) is 41.3 Å². The zero-order valence-electron chi connectivity index (χ0n) is 13.6. The highest BCUT2D eigenvalue weighted by atomic mass is 35.5. The Morgan fingerprint density at radius 1 is 1.42 bits per heavy atom. The molecule has 2 rings (SSSR count). The molecule has 24 heavy (non-hydrogen) atoms. The molecule has 8 heteroatoms. The molecular weight excluding hydrogens is 364 g/mol. The van der Waals surface area contributed by atoms with Crippen LogP contribution < -0.4 is 11.1 Å². The molecule has 3 N–H and O–H groups in total. The fourth-order valence-electron chi connectivity index (χ4n) is 2.04. The number of nitrogens with zero attached hydrogens (tertiary/aromatic N) is 2. The van der Waals surface area contributed by atoms with Crippen LogP contribution in [0.2, 0.25) is 0 Å². The first-order valence-corrected chi connectivity index (χ1v) is 9.85. The van der Waals surface area contributed by atoms with E-state index < -0.39 is 6.04 Å². The monoisotopic (exact) mass is 386 g/mol. The van der Waals surface area contributed by atoms with Gasteiger partial charge in [-0.25, -0.2) is 4.98 Å². The van der Waals surface area contributed by atoms with Gasteiger partial charge in [0.2, 0.25) is 5.91 Å². The van der Waals surface area contributed by atoms with Gasteiger partial charge in [0.25, 0.3) is 0 Å². The lowest BCUT2D eigenvalue weighted by molar-refractivity contribution is -0.122. The minimum atomic E-state index is -0.402. The van der Waals surface area contributed by atoms with E-state index in [-0.39, 0.29) is 18.3 Å². The van der Waals surface area contributed by atoms with Crippen molar-refractivity contribution in [3.05, 3.63) is 34.9 Å². The van der Waals surface area contributed by atoms with Gasteiger partial charge in [0.05, 0.1) is 16.7 Å². The molecule has 0 saturated heterocycles. The molecule has 0 aliphatic rings. The Morgan fingerprint density at radius 3 is 2.88 bits per heavy atom. The molecule has 2 heterocycles. The first-order chi connectivity index (χ1) is 11.2. The zero-order valence-corrected chi connectivity index (χ0v) is 16.1. The van der Waals surface area contributed by atoms with Crippen molar-refractivity contribution in [2.45, 2.75) is 25.3 Å². The van der Waals surface area contributed by atoms with Gasteiger partial charge in [-0.3, -0.25) is 9.78 Å². The van der Waals surface area contributed by atoms with Crippen LogP contribution in [-0.4, -0.2) is 40.5 Å². The van der Waals surface area contributed by atoms with Crippen molar-refractivity contribution in [1.82, 2.24) is 15.3 Å². The molecule has 0 aliphatic heterocycles. The average Bonchev–Trinajstić information content (AvgIpc) is 3.06. The van der Waals surface area contributed by atoms with E-state index in [1.165, 1.54) is 0 Å². The number of amides is 1. The number of pyridine rings is 1. The number of halogens is 1. The number of hydrogen-bond donors (Lipinski definition) is 2. The summed E-state index contributed by atoms with van der Waals surface area (Å²) in [7, 11) is 0. The number of carbonyl (C=O) groups excluding carboxylic acids is 1. The van der Waals surface area contributed by atoms with Crippen LogP contribution in [0.3, 0.4) is 0 Å². The maximum atomic E-state index is 11.8. The number of nitrogens with two attached hydrogens (primary N) is 1. The lowest BCUT2D eigenvalue weighted by atomic mass is 10.2. The SMILES string of the molecule is CSCC[C@H](N)C(=O)NCCCc1nc(-c2ccncc2)cs1.Cl. The van der Waals surface area contributed by atoms with E-state index in [9.17, 15) is 4.79 Å². The summed E-state index contributed by atoms with van der Waals surface area (Å²) >= 11 is 3.35. The van der Waals surface area contributed by atoms with Crippen LogP contribution in [-0.2, 0) is 11.2 Å². The summed E-state index contributed by atoms with van der Waals surface area (Å²) in [5.74, 6) is 0.849. The third kappa shape index (κ3) is 6.76. The van der Waals surface area contributed by atoms with Gasteiger partial charge in [-0.05, 0) is 37.0 Å². The quantitative estimate of drug-likeness (QED) is 0.647. The van der Waals surface area contributed by atoms with E-state index >= 15 is 0 Å². The summed E-state index contributed by atoms with van der Waals surface area (Å²) < 4.78 is 0. The summed E-state index contributed by atoms with van der Waals surface area (Å²) in [6, 6.07) is 3.50. The number of rotatable bonds is 9. The van der Waals surface area contributed by atoms with E-state index in [0.29, 0.717) is 6.54 Å². The molecule has 132 valence electrons. The smallest absolute Gasteiger partial charge is 0.236 e. The van der Waals surface area contributed by atoms with Crippen LogP contribution in [0.4, 0.5) is 0 Å². The highest BCUT2D eigenvalue weighted by molar-refractivity contribution is 7.98. The molecule has 0 spiro atoms. The number of thioether (sulfide) groups is 1. The first kappa shape index (κ1) is 20.9. The van der Waals surface area contributed by atoms with Gasteiger partial charge in [-0.1, -0.05) is 0 Å². The van der Waals surface area contributed by atoms with Gasteiger partial charge in [0.1, 0.15) is 0 Å². The molecule has 0 bridgehead atoms. The molecule has 1 atom stereocenters. The molecule has 0 aromatic carbocycles. The maximum absolute atomic E-state index is 11.8. The second-order valence-corrected chi connectivity index (χ2v) is 7.07. The fraction of sp³-hybridized carbons (Fsp3) is 0.438. The standard InChI is InChI=1S/C16H22N4OS2.ClH/c1-22-10-6-13(17)16(21)19-7-2-3-15-20-14(11-23-15)12-4-8-18-9-5-12;/h4-5,8-9,11,13H,2-3,6-7,10,17H2,1H3,(H,19,21);1H/t13-;/m0./s1. The molecule has 2 aromatic heterocycles. The normalized spacial score (nSPS) is 11.6. The summed E-state index contributed by atoms with van der Waals surface area (Å²) in [6.07, 6.45) is 7.99. The summed E-state index contributed by atoms with van der Waals surface area (Å²) in [5.41, 5.74) is 7.88. The highest BCUT2D eigenvalue weighted by Crippen LogP contribution is 2.21. The molecular formula is C16H23ClN4OS2. The number of nitrogens with one attached hydrogen (secondary N) is 1. The Hall–Kier alpha value is -1.15. The van der Waals surface area contributed by atoms with Gasteiger partial charge in [-0.2, -0.15) is 11.8 Å². The lowest BCUT2D eigenvalue weighted by Crippen LogP contribution is -2.41. The van der Waals surface area contributed by atoms with E-state index in [1.54, 1.807) is 35.5 Å². The summed E-state index contributed by atoms with van der Waals surface area (Å²) in [6.45, 7) is 0.635. The Kier molecular flexibility index (Phi) is 9.94. The van der Waals surface area contributed by atoms with Gasteiger partial charge in [0.15, 0.2) is 0 Å². The number of thiazole rings is 1. The topological polar surface area (TPSA) is 80.9 Å². The molecule has 0 radical (unpaired) electrons. The lowest BCUT2D eigenvalue weighted by Gasteiger charge is -2.11. The molecule has 0 saturated carbocycles. The van der Waals surface area contributed by atoms with Crippen molar-refractivity contribution >= 4 is 41.4 Å². The van der Waals surface area contributed by atoms with E-state index in [1.807, 2.05) is 18.4 Å². The maximum Gasteiger partial charge on any atom is 0.236 e. The molecule has 0 aliphatic carbocycles. The number of aryl methyl sites for hydroxylation is 1. The van der Waals surface area contributed by atoms with Crippen molar-refractivity contribution in [2.75, 3.05) is 18.6 Å². The van der Waals surface area contributed by atoms with Crippen molar-refractivity contribution in [2.24, 2.45) is 5.73 Å². The minimum Gasteiger partial charge on any atom is -0.355 e. The second-order valence-electron chi connectivity index (χ2n) is 5.14. The van der Waals surface area contributed by atoms with Crippen LogP contribution in [0.5, 0.6) is 0 Å². The van der Waals surface area contributed by atoms with Gasteiger partial charge < -0.3 is 11.1 Å². The molecule has 2 aromatic rings. The highest BCUT2D eigenvalue weighted by Gasteiger charge is 2.12. The van der Waals surface area contributed by atoms with Crippen molar-refractivity contribution in [3.63, 3.8) is 0 Å². The molecule has 1 amide bonds. The predicted molar refractivity (Wildman–Crippen MR) is 105 cm³/mol. The Morgan fingerprint density at radius 2 is 2.17 bits per heavy atom. The van der Waals surface area contributed by atoms with Crippen LogP contribution in [0.25, 0.3) is 11.3 Å². The Balaban J connectivity index is 0.00000288. The molecule has 5 nitrogen and oxygen atoms in total. The Bertz CT molecular complexity index is 609. The third-order valence-electron chi connectivity index (χ3n) is 3.36. The Labute approximate surface area is 157 Å². The number of carbonyl (C=O) groups is 1. The zero-order chi connectivity index (χ0) is 16.5. The minimum absolute atomic E-state index is 0. The van der Waals surface area contributed by atoms with Crippen molar-refractivity contribution in [3.8, 4) is 11.3 Å². The molecule has 0 fully saturated rings. The van der Waals surface area contributed by atoms with Gasteiger partial charge in [-0.15, -0.1) is 23.7 Å². The van der Waals surface area contributed by atoms with Crippen LogP contribution in [0.15, 0.2) is 29.9 Å². The van der Waals surface area contributed by atoms with Crippen LogP contribution in [0, 0.1) is 0 Å². The third-order valence-corrected chi connectivity index (χ3v) is 4.92. The number of aromatic nitrogens is 2. The molecule has 0 unspecified atom stereocenters. The second kappa shape index (κ2) is 11.4. The summed E-state index contributed by atoms with van der Waals surface area (Å²) in [5, 5.41) is 6.03. The van der Waals surface area contributed by atoms with Gasteiger partial charge in [0, 0.05) is 36.3 Å². The average molecular weight is 387 g/mol. The van der Waals surface area contributed by atoms with Crippen LogP contribution >= 0.6 is 35.5 Å². The van der Waals surface area contributed by atoms with Crippen molar-refractivity contribution in [1.29, 1.82) is 0 Å². The first-order valence-electron chi connectivity index (χ1n) is 7.57. The van der Waals surface area contributed by atoms with Crippen molar-refractivity contribution < 1.29 is 4.79 Å². The predicted octanol–water partition coefficient (Wildman–Crippen LogP) is 2.76. The largest absolute Gasteiger partial charge is 0.355 e. The van der Waals surface area contributed by atoms with Gasteiger partial charge >= 0.3 is 0 Å². The van der Waals surface area contributed by atoms with E-state index in [2.05, 4.69) is 20.7 Å².